The van der Waals surface area contributed by atoms with Gasteiger partial charge in [0.1, 0.15) is 6.33 Å². The maximum Gasteiger partial charge on any atom is 0.253 e. The first kappa shape index (κ1) is 28.8. The molecule has 0 aliphatic carbocycles. The number of nitrogens with zero attached hydrogens (tertiary/aromatic N) is 3. The molecule has 1 aliphatic heterocycles. The molecule has 43 heavy (non-hydrogen) atoms. The Hall–Kier alpha value is -4.35. The second kappa shape index (κ2) is 13.7. The lowest BCUT2D eigenvalue weighted by Crippen LogP contribution is -2.31. The van der Waals surface area contributed by atoms with E-state index in [9.17, 15) is 9.90 Å². The van der Waals surface area contributed by atoms with Crippen molar-refractivity contribution in [3.8, 4) is 11.1 Å². The third kappa shape index (κ3) is 7.36. The second-order valence-corrected chi connectivity index (χ2v) is 11.2. The number of H-pyrrole nitrogens is 1. The molecule has 0 saturated carbocycles. The predicted molar refractivity (Wildman–Crippen MR) is 163 cm³/mol. The molecule has 0 bridgehead atoms. The van der Waals surface area contributed by atoms with Gasteiger partial charge in [-0.25, -0.2) is 4.98 Å². The molecular formula is C33H31N5O4S. The SMILES string of the molecule is O=C(NCc1cccc(-c2ccc([C@@H]3O[C@H](CSc4ncn[nH]4)C[C@H](c4ccc(CO)cc4)O3)cc2)c1)c1cccnc1. The molecule has 6 rings (SSSR count). The van der Waals surface area contributed by atoms with E-state index in [0.29, 0.717) is 24.3 Å². The van der Waals surface area contributed by atoms with Crippen LogP contribution in [0.15, 0.2) is 109 Å². The topological polar surface area (TPSA) is 122 Å². The molecule has 1 fully saturated rings. The molecule has 2 aromatic heterocycles. The summed E-state index contributed by atoms with van der Waals surface area (Å²) in [4.78, 5) is 20.7. The number of amides is 1. The van der Waals surface area contributed by atoms with Crippen LogP contribution in [-0.2, 0) is 22.6 Å². The first-order chi connectivity index (χ1) is 21.1. The minimum Gasteiger partial charge on any atom is -0.392 e. The van der Waals surface area contributed by atoms with E-state index in [1.54, 1.807) is 36.3 Å². The molecule has 9 nitrogen and oxygen atoms in total. The number of carbonyl (C=O) groups excluding carboxylic acids is 1. The molecule has 218 valence electrons. The summed E-state index contributed by atoms with van der Waals surface area (Å²) in [6.45, 7) is 0.417. The number of aromatic amines is 1. The van der Waals surface area contributed by atoms with E-state index >= 15 is 0 Å². The van der Waals surface area contributed by atoms with Crippen molar-refractivity contribution >= 4 is 17.7 Å². The van der Waals surface area contributed by atoms with Crippen LogP contribution in [0.2, 0.25) is 0 Å². The smallest absolute Gasteiger partial charge is 0.253 e. The monoisotopic (exact) mass is 593 g/mol. The number of ether oxygens (including phenoxy) is 2. The Labute approximate surface area is 253 Å². The van der Waals surface area contributed by atoms with E-state index in [-0.39, 0.29) is 24.7 Å². The second-order valence-electron chi connectivity index (χ2n) is 10.2. The zero-order chi connectivity index (χ0) is 29.4. The minimum absolute atomic E-state index is 0.00326. The van der Waals surface area contributed by atoms with E-state index in [0.717, 1.165) is 38.5 Å². The first-order valence-electron chi connectivity index (χ1n) is 14.0. The predicted octanol–water partition coefficient (Wildman–Crippen LogP) is 5.63. The van der Waals surface area contributed by atoms with Crippen LogP contribution in [-0.4, -0.2) is 43.0 Å². The van der Waals surface area contributed by atoms with Crippen LogP contribution in [0, 0.1) is 0 Å². The highest BCUT2D eigenvalue weighted by atomic mass is 32.2. The highest BCUT2D eigenvalue weighted by molar-refractivity contribution is 7.99. The Morgan fingerprint density at radius 2 is 1.79 bits per heavy atom. The van der Waals surface area contributed by atoms with Crippen LogP contribution < -0.4 is 5.32 Å². The van der Waals surface area contributed by atoms with Crippen molar-refractivity contribution in [1.82, 2.24) is 25.5 Å². The maximum absolute atomic E-state index is 12.4. The van der Waals surface area contributed by atoms with E-state index in [4.69, 9.17) is 9.47 Å². The Kier molecular flexibility index (Phi) is 9.19. The van der Waals surface area contributed by atoms with Crippen LogP contribution >= 0.6 is 11.8 Å². The van der Waals surface area contributed by atoms with Gasteiger partial charge in [-0.15, -0.1) is 0 Å². The molecule has 0 radical (unpaired) electrons. The molecule has 5 aromatic rings. The van der Waals surface area contributed by atoms with Crippen LogP contribution in [0.5, 0.6) is 0 Å². The number of carbonyl (C=O) groups is 1. The van der Waals surface area contributed by atoms with Gasteiger partial charge in [-0.1, -0.05) is 78.5 Å². The highest BCUT2D eigenvalue weighted by Gasteiger charge is 2.32. The summed E-state index contributed by atoms with van der Waals surface area (Å²) in [6.07, 6.45) is 4.61. The van der Waals surface area contributed by atoms with Gasteiger partial charge in [0.05, 0.1) is 24.4 Å². The van der Waals surface area contributed by atoms with E-state index in [2.05, 4.69) is 49.7 Å². The molecule has 3 atom stereocenters. The van der Waals surface area contributed by atoms with Crippen molar-refractivity contribution in [2.24, 2.45) is 0 Å². The Morgan fingerprint density at radius 3 is 2.53 bits per heavy atom. The number of aromatic nitrogens is 4. The van der Waals surface area contributed by atoms with E-state index in [1.807, 2.05) is 48.5 Å². The molecule has 3 heterocycles. The molecule has 3 aromatic carbocycles. The quantitative estimate of drug-likeness (QED) is 0.178. The number of benzene rings is 3. The van der Waals surface area contributed by atoms with Gasteiger partial charge in [-0.3, -0.25) is 14.9 Å². The zero-order valence-electron chi connectivity index (χ0n) is 23.3. The lowest BCUT2D eigenvalue weighted by Gasteiger charge is -2.36. The summed E-state index contributed by atoms with van der Waals surface area (Å²) in [7, 11) is 0. The molecule has 3 N–H and O–H groups in total. The lowest BCUT2D eigenvalue weighted by molar-refractivity contribution is -0.245. The van der Waals surface area contributed by atoms with Gasteiger partial charge in [0.15, 0.2) is 11.4 Å². The fourth-order valence-electron chi connectivity index (χ4n) is 4.93. The number of hydrogen-bond acceptors (Lipinski definition) is 8. The van der Waals surface area contributed by atoms with Gasteiger partial charge in [0.2, 0.25) is 0 Å². The Morgan fingerprint density at radius 1 is 0.953 bits per heavy atom. The van der Waals surface area contributed by atoms with Crippen molar-refractivity contribution in [2.75, 3.05) is 5.75 Å². The minimum atomic E-state index is -0.542. The zero-order valence-corrected chi connectivity index (χ0v) is 24.1. The summed E-state index contributed by atoms with van der Waals surface area (Å²) >= 11 is 1.57. The van der Waals surface area contributed by atoms with Gasteiger partial charge in [-0.2, -0.15) is 5.10 Å². The van der Waals surface area contributed by atoms with E-state index in [1.165, 1.54) is 6.33 Å². The number of aliphatic hydroxyl groups excluding tert-OH is 1. The van der Waals surface area contributed by atoms with Crippen LogP contribution in [0.25, 0.3) is 11.1 Å². The van der Waals surface area contributed by atoms with Gasteiger partial charge in [-0.05, 0) is 46.0 Å². The van der Waals surface area contributed by atoms with Crippen molar-refractivity contribution in [1.29, 1.82) is 0 Å². The van der Waals surface area contributed by atoms with Gasteiger partial charge >= 0.3 is 0 Å². The molecule has 1 amide bonds. The van der Waals surface area contributed by atoms with Gasteiger partial charge in [0, 0.05) is 36.7 Å². The lowest BCUT2D eigenvalue weighted by atomic mass is 9.99. The average Bonchev–Trinajstić information content (AvgIpc) is 3.61. The van der Waals surface area contributed by atoms with Gasteiger partial charge < -0.3 is 19.9 Å². The third-order valence-corrected chi connectivity index (χ3v) is 8.24. The summed E-state index contributed by atoms with van der Waals surface area (Å²) in [6, 6.07) is 27.7. The maximum atomic E-state index is 12.4. The highest BCUT2D eigenvalue weighted by Crippen LogP contribution is 2.39. The number of rotatable bonds is 10. The third-order valence-electron chi connectivity index (χ3n) is 7.23. The van der Waals surface area contributed by atoms with Gasteiger partial charge in [0.25, 0.3) is 5.91 Å². The number of thioether (sulfide) groups is 1. The van der Waals surface area contributed by atoms with Crippen LogP contribution in [0.4, 0.5) is 0 Å². The standard InChI is InChI=1S/C33H31N5O4S/c39-19-22-6-8-25(9-7-22)30-16-29(20-43-33-36-21-37-38-33)41-32(42-30)26-12-10-24(11-13-26)27-4-1-3-23(15-27)17-35-31(40)28-5-2-14-34-18-28/h1-15,18,21,29-30,32,39H,16-17,19-20H2,(H,35,40)(H,36,37,38)/t29-,30+,32+/m0/s1. The summed E-state index contributed by atoms with van der Waals surface area (Å²) in [5.41, 5.74) is 6.46. The van der Waals surface area contributed by atoms with Crippen molar-refractivity contribution in [3.05, 3.63) is 131 Å². The number of hydrogen-bond donors (Lipinski definition) is 3. The Bertz CT molecular complexity index is 1620. The molecule has 1 saturated heterocycles. The number of pyridine rings is 1. The number of nitrogens with one attached hydrogen (secondary N) is 2. The van der Waals surface area contributed by atoms with Crippen molar-refractivity contribution in [3.63, 3.8) is 0 Å². The van der Waals surface area contributed by atoms with E-state index < -0.39 is 6.29 Å². The molecular weight excluding hydrogens is 562 g/mol. The molecule has 0 unspecified atom stereocenters. The van der Waals surface area contributed by atoms with Crippen molar-refractivity contribution < 1.29 is 19.4 Å². The normalized spacial score (nSPS) is 18.3. The van der Waals surface area contributed by atoms with Crippen LogP contribution in [0.1, 0.15) is 51.4 Å². The Balaban J connectivity index is 1.15. The molecule has 1 aliphatic rings. The fraction of sp³-hybridized carbons (Fsp3) is 0.212. The fourth-order valence-corrected chi connectivity index (χ4v) is 5.73. The van der Waals surface area contributed by atoms with Crippen molar-refractivity contribution in [2.45, 2.75) is 43.2 Å². The number of aliphatic hydroxyl groups is 1. The first-order valence-corrected chi connectivity index (χ1v) is 15.0. The summed E-state index contributed by atoms with van der Waals surface area (Å²) < 4.78 is 12.9. The average molecular weight is 594 g/mol. The summed E-state index contributed by atoms with van der Waals surface area (Å²) in [5.74, 6) is 0.540. The molecule has 0 spiro atoms. The molecule has 10 heteroatoms. The van der Waals surface area contributed by atoms with Crippen LogP contribution in [0.3, 0.4) is 0 Å². The largest absolute Gasteiger partial charge is 0.392 e. The summed E-state index contributed by atoms with van der Waals surface area (Å²) in [5, 5.41) is 20.0.